The molecule has 1 aromatic heterocycles. The van der Waals surface area contributed by atoms with Crippen LogP contribution in [0, 0.1) is 0 Å². The van der Waals surface area contributed by atoms with E-state index >= 15 is 0 Å². The summed E-state index contributed by atoms with van der Waals surface area (Å²) in [6.07, 6.45) is 1.29. The van der Waals surface area contributed by atoms with Crippen LogP contribution in [-0.2, 0) is 11.3 Å². The van der Waals surface area contributed by atoms with Crippen molar-refractivity contribution in [1.29, 1.82) is 0 Å². The van der Waals surface area contributed by atoms with Gasteiger partial charge in [-0.25, -0.2) is 9.48 Å². The number of rotatable bonds is 6. The minimum atomic E-state index is -0.660. The number of ketones is 1. The van der Waals surface area contributed by atoms with Gasteiger partial charge in [-0.3, -0.25) is 4.79 Å². The molecule has 2 rings (SSSR count). The first kappa shape index (κ1) is 16.8. The molecule has 0 N–H and O–H groups in total. The Balaban J connectivity index is 2.28. The minimum absolute atomic E-state index is 0.0305. The van der Waals surface area contributed by atoms with Crippen molar-refractivity contribution >= 4 is 23.4 Å². The van der Waals surface area contributed by atoms with Crippen LogP contribution in [0.5, 0.6) is 11.5 Å². The summed E-state index contributed by atoms with van der Waals surface area (Å²) in [6, 6.07) is 4.79. The highest BCUT2D eigenvalue weighted by Crippen LogP contribution is 2.28. The molecule has 0 bridgehead atoms. The minimum Gasteiger partial charge on any atom is -0.493 e. The molecule has 0 unspecified atom stereocenters. The Morgan fingerprint density at radius 1 is 1.17 bits per heavy atom. The van der Waals surface area contributed by atoms with Crippen LogP contribution in [0.4, 0.5) is 0 Å². The van der Waals surface area contributed by atoms with Gasteiger partial charge in [0.2, 0.25) is 0 Å². The van der Waals surface area contributed by atoms with E-state index in [2.05, 4.69) is 9.84 Å². The monoisotopic (exact) mass is 338 g/mol. The summed E-state index contributed by atoms with van der Waals surface area (Å²) in [4.78, 5) is 24.1. The molecule has 23 heavy (non-hydrogen) atoms. The normalized spacial score (nSPS) is 10.3. The zero-order chi connectivity index (χ0) is 17.0. The summed E-state index contributed by atoms with van der Waals surface area (Å²) in [5, 5.41) is 4.06. The third-order valence-corrected chi connectivity index (χ3v) is 3.45. The first-order chi connectivity index (χ1) is 11.0. The highest BCUT2D eigenvalue weighted by Gasteiger charge is 2.20. The summed E-state index contributed by atoms with van der Waals surface area (Å²) >= 11 is 5.90. The van der Waals surface area contributed by atoms with E-state index in [0.717, 1.165) is 0 Å². The molecular formula is C15H15ClN2O5. The number of nitrogens with zero attached hydrogens (tertiary/aromatic N) is 2. The second kappa shape index (κ2) is 7.15. The molecule has 2 aromatic rings. The molecule has 1 aromatic carbocycles. The average molecular weight is 339 g/mol. The van der Waals surface area contributed by atoms with Crippen LogP contribution in [0.15, 0.2) is 24.4 Å². The fourth-order valence-electron chi connectivity index (χ4n) is 2.02. The molecular weight excluding hydrogens is 324 g/mol. The Bertz CT molecular complexity index is 741. The number of halogens is 1. The van der Waals surface area contributed by atoms with Gasteiger partial charge in [-0.1, -0.05) is 11.6 Å². The molecule has 0 saturated carbocycles. The summed E-state index contributed by atoms with van der Waals surface area (Å²) in [5.74, 6) is 0.0231. The topological polar surface area (TPSA) is 79.7 Å². The van der Waals surface area contributed by atoms with Gasteiger partial charge in [-0.2, -0.15) is 5.10 Å². The van der Waals surface area contributed by atoms with Crippen LogP contribution in [0.3, 0.4) is 0 Å². The number of carbonyl (C=O) groups is 2. The molecule has 8 heteroatoms. The van der Waals surface area contributed by atoms with Gasteiger partial charge in [0.25, 0.3) is 0 Å². The Hall–Kier alpha value is -2.54. The summed E-state index contributed by atoms with van der Waals surface area (Å²) in [6.45, 7) is -0.160. The molecule has 0 spiro atoms. The quantitative estimate of drug-likeness (QED) is 0.593. The van der Waals surface area contributed by atoms with E-state index in [1.54, 1.807) is 18.2 Å². The standard InChI is InChI=1S/C15H15ClN2O5/c1-21-12-5-4-9(6-13(12)22-2)11(19)8-18-14(15(20)23-3)10(16)7-17-18/h4-7H,8H2,1-3H3. The van der Waals surface area contributed by atoms with Gasteiger partial charge in [0.15, 0.2) is 23.0 Å². The van der Waals surface area contributed by atoms with Gasteiger partial charge in [-0.05, 0) is 18.2 Å². The third kappa shape index (κ3) is 3.45. The first-order valence-corrected chi connectivity index (χ1v) is 6.94. The Labute approximate surface area is 137 Å². The first-order valence-electron chi connectivity index (χ1n) is 6.56. The molecule has 0 atom stereocenters. The van der Waals surface area contributed by atoms with Crippen LogP contribution < -0.4 is 9.47 Å². The van der Waals surface area contributed by atoms with Gasteiger partial charge in [0, 0.05) is 5.56 Å². The van der Waals surface area contributed by atoms with Crippen molar-refractivity contribution < 1.29 is 23.8 Å². The fraction of sp³-hybridized carbons (Fsp3) is 0.267. The number of carbonyl (C=O) groups excluding carboxylic acids is 2. The molecule has 0 fully saturated rings. The predicted molar refractivity (Wildman–Crippen MR) is 82.5 cm³/mol. The molecule has 0 amide bonds. The zero-order valence-electron chi connectivity index (χ0n) is 12.8. The highest BCUT2D eigenvalue weighted by molar-refractivity contribution is 6.33. The van der Waals surface area contributed by atoms with Gasteiger partial charge < -0.3 is 14.2 Å². The fourth-order valence-corrected chi connectivity index (χ4v) is 2.24. The van der Waals surface area contributed by atoms with Gasteiger partial charge in [-0.15, -0.1) is 0 Å². The lowest BCUT2D eigenvalue weighted by Gasteiger charge is -2.10. The molecule has 1 heterocycles. The Morgan fingerprint density at radius 3 is 2.48 bits per heavy atom. The summed E-state index contributed by atoms with van der Waals surface area (Å²) in [7, 11) is 4.22. The number of aromatic nitrogens is 2. The van der Waals surface area contributed by atoms with Crippen LogP contribution in [0.25, 0.3) is 0 Å². The second-order valence-electron chi connectivity index (χ2n) is 4.48. The van der Waals surface area contributed by atoms with E-state index in [1.165, 1.54) is 32.2 Å². The van der Waals surface area contributed by atoms with Crippen molar-refractivity contribution in [2.45, 2.75) is 6.54 Å². The van der Waals surface area contributed by atoms with Crippen molar-refractivity contribution in [3.05, 3.63) is 40.7 Å². The number of benzene rings is 1. The molecule has 0 aliphatic rings. The molecule has 0 aliphatic carbocycles. The van der Waals surface area contributed by atoms with Gasteiger partial charge >= 0.3 is 5.97 Å². The maximum atomic E-state index is 12.4. The van der Waals surface area contributed by atoms with Crippen molar-refractivity contribution in [2.24, 2.45) is 0 Å². The summed E-state index contributed by atoms with van der Waals surface area (Å²) in [5.41, 5.74) is 0.424. The lowest BCUT2D eigenvalue weighted by Crippen LogP contribution is -2.18. The molecule has 122 valence electrons. The molecule has 0 radical (unpaired) electrons. The number of methoxy groups -OCH3 is 3. The second-order valence-corrected chi connectivity index (χ2v) is 4.89. The Kier molecular flexibility index (Phi) is 5.23. The average Bonchev–Trinajstić information content (AvgIpc) is 2.93. The zero-order valence-corrected chi connectivity index (χ0v) is 13.6. The summed E-state index contributed by atoms with van der Waals surface area (Å²) < 4.78 is 16.1. The van der Waals surface area contributed by atoms with E-state index in [0.29, 0.717) is 17.1 Å². The maximum absolute atomic E-state index is 12.4. The lowest BCUT2D eigenvalue weighted by molar-refractivity contribution is 0.0586. The van der Waals surface area contributed by atoms with Crippen molar-refractivity contribution in [3.63, 3.8) is 0 Å². The number of esters is 1. The largest absolute Gasteiger partial charge is 0.493 e. The SMILES string of the molecule is COC(=O)c1c(Cl)cnn1CC(=O)c1ccc(OC)c(OC)c1. The van der Waals surface area contributed by atoms with E-state index in [1.807, 2.05) is 0 Å². The van der Waals surface area contributed by atoms with E-state index in [9.17, 15) is 9.59 Å². The Morgan fingerprint density at radius 2 is 1.87 bits per heavy atom. The lowest BCUT2D eigenvalue weighted by atomic mass is 10.1. The van der Waals surface area contributed by atoms with Crippen LogP contribution in [0.2, 0.25) is 5.02 Å². The van der Waals surface area contributed by atoms with Crippen molar-refractivity contribution in [3.8, 4) is 11.5 Å². The number of ether oxygens (including phenoxy) is 3. The smallest absolute Gasteiger partial charge is 0.357 e. The highest BCUT2D eigenvalue weighted by atomic mass is 35.5. The number of Topliss-reactive ketones (excluding diaryl/α,β-unsaturated/α-hetero) is 1. The van der Waals surface area contributed by atoms with Crippen molar-refractivity contribution in [2.75, 3.05) is 21.3 Å². The molecule has 7 nitrogen and oxygen atoms in total. The van der Waals surface area contributed by atoms with Crippen LogP contribution in [-0.4, -0.2) is 42.9 Å². The number of hydrogen-bond acceptors (Lipinski definition) is 6. The predicted octanol–water partition coefficient (Wildman–Crippen LogP) is 2.22. The van der Waals surface area contributed by atoms with E-state index < -0.39 is 5.97 Å². The van der Waals surface area contributed by atoms with Gasteiger partial charge in [0.1, 0.15) is 6.54 Å². The van der Waals surface area contributed by atoms with Crippen molar-refractivity contribution in [1.82, 2.24) is 9.78 Å². The van der Waals surface area contributed by atoms with E-state index in [-0.39, 0.29) is 23.0 Å². The van der Waals surface area contributed by atoms with Crippen LogP contribution >= 0.6 is 11.6 Å². The van der Waals surface area contributed by atoms with Gasteiger partial charge in [0.05, 0.1) is 32.5 Å². The third-order valence-electron chi connectivity index (χ3n) is 3.17. The number of hydrogen-bond donors (Lipinski definition) is 0. The molecule has 0 saturated heterocycles. The van der Waals surface area contributed by atoms with E-state index in [4.69, 9.17) is 21.1 Å². The molecule has 0 aliphatic heterocycles. The maximum Gasteiger partial charge on any atom is 0.357 e. The van der Waals surface area contributed by atoms with Crippen LogP contribution in [0.1, 0.15) is 20.8 Å².